The van der Waals surface area contributed by atoms with E-state index in [9.17, 15) is 13.5 Å². The van der Waals surface area contributed by atoms with E-state index in [1.807, 2.05) is 55.5 Å². The fourth-order valence-corrected chi connectivity index (χ4v) is 7.08. The minimum atomic E-state index is -3.59. The molecule has 5 rings (SSSR count). The van der Waals surface area contributed by atoms with E-state index in [0.29, 0.717) is 12.2 Å². The van der Waals surface area contributed by atoms with Gasteiger partial charge in [0.25, 0.3) is 0 Å². The molecule has 11 heteroatoms. The molecule has 0 spiro atoms. The standard InChI is InChI=1S/C28H29N3O5S3/c1-19-30-31-28(38-19)37-18-24-15-26(22-11-9-21(17-32)10-12-22)36-27(35-24)23-13-7-20(8-14-23)16-29-39(33,34)25-5-3-2-4-6-25/h2-14,24,26-27,29,32H,15-18H2,1H3/t24-,26+,27+/m1/s1. The number of hydrogen-bond donors (Lipinski definition) is 2. The van der Waals surface area contributed by atoms with Crippen LogP contribution in [0.3, 0.4) is 0 Å². The van der Waals surface area contributed by atoms with Crippen molar-refractivity contribution in [2.75, 3.05) is 5.75 Å². The third-order valence-electron chi connectivity index (χ3n) is 6.29. The minimum absolute atomic E-state index is 0.00801. The minimum Gasteiger partial charge on any atom is -0.392 e. The Morgan fingerprint density at radius 3 is 2.31 bits per heavy atom. The Morgan fingerprint density at radius 2 is 1.64 bits per heavy atom. The van der Waals surface area contributed by atoms with Crippen molar-refractivity contribution in [3.8, 4) is 0 Å². The quantitative estimate of drug-likeness (QED) is 0.247. The van der Waals surface area contributed by atoms with Crippen LogP contribution in [0.15, 0.2) is 88.1 Å². The average molecular weight is 584 g/mol. The first-order valence-corrected chi connectivity index (χ1v) is 15.8. The Hall–Kier alpha value is -2.64. The first kappa shape index (κ1) is 27.9. The van der Waals surface area contributed by atoms with Crippen LogP contribution in [0.1, 0.15) is 46.1 Å². The van der Waals surface area contributed by atoms with Gasteiger partial charge in [-0.15, -0.1) is 10.2 Å². The van der Waals surface area contributed by atoms with Gasteiger partial charge >= 0.3 is 0 Å². The Labute approximate surface area is 236 Å². The zero-order chi connectivity index (χ0) is 27.2. The highest BCUT2D eigenvalue weighted by atomic mass is 32.2. The highest BCUT2D eigenvalue weighted by molar-refractivity contribution is 8.01. The van der Waals surface area contributed by atoms with Gasteiger partial charge in [0.2, 0.25) is 10.0 Å². The highest BCUT2D eigenvalue weighted by Gasteiger charge is 2.32. The molecule has 3 atom stereocenters. The van der Waals surface area contributed by atoms with Crippen molar-refractivity contribution in [2.45, 2.75) is 54.2 Å². The monoisotopic (exact) mass is 583 g/mol. The molecule has 4 aromatic rings. The van der Waals surface area contributed by atoms with E-state index >= 15 is 0 Å². The van der Waals surface area contributed by atoms with Crippen LogP contribution in [-0.4, -0.2) is 35.6 Å². The van der Waals surface area contributed by atoms with Crippen LogP contribution in [-0.2, 0) is 32.6 Å². The van der Waals surface area contributed by atoms with Gasteiger partial charge in [-0.1, -0.05) is 89.8 Å². The van der Waals surface area contributed by atoms with Crippen LogP contribution in [0.5, 0.6) is 0 Å². The van der Waals surface area contributed by atoms with E-state index in [1.54, 1.807) is 53.4 Å². The summed E-state index contributed by atoms with van der Waals surface area (Å²) in [5.74, 6) is 0.707. The number of aryl methyl sites for hydroxylation is 1. The second-order valence-electron chi connectivity index (χ2n) is 9.13. The van der Waals surface area contributed by atoms with Crippen molar-refractivity contribution in [1.29, 1.82) is 0 Å². The molecule has 1 saturated heterocycles. The van der Waals surface area contributed by atoms with Crippen LogP contribution < -0.4 is 4.72 Å². The highest BCUT2D eigenvalue weighted by Crippen LogP contribution is 2.39. The second-order valence-corrected chi connectivity index (χ2v) is 13.3. The van der Waals surface area contributed by atoms with Gasteiger partial charge in [0.05, 0.1) is 23.7 Å². The van der Waals surface area contributed by atoms with Crippen LogP contribution in [0.4, 0.5) is 0 Å². The Bertz CT molecular complexity index is 1460. The number of aliphatic hydroxyl groups excluding tert-OH is 1. The number of nitrogens with one attached hydrogen (secondary N) is 1. The van der Waals surface area contributed by atoms with Crippen LogP contribution in [0.25, 0.3) is 0 Å². The number of benzene rings is 3. The maximum Gasteiger partial charge on any atom is 0.240 e. The van der Waals surface area contributed by atoms with Crippen molar-refractivity contribution in [2.24, 2.45) is 0 Å². The number of rotatable bonds is 10. The Balaban J connectivity index is 1.28. The van der Waals surface area contributed by atoms with Crippen molar-refractivity contribution in [1.82, 2.24) is 14.9 Å². The molecule has 1 aliphatic rings. The maximum atomic E-state index is 12.6. The molecule has 0 aliphatic carbocycles. The number of thioether (sulfide) groups is 1. The molecule has 1 fully saturated rings. The third-order valence-corrected chi connectivity index (χ3v) is 9.81. The lowest BCUT2D eigenvalue weighted by atomic mass is 10.0. The van der Waals surface area contributed by atoms with Crippen LogP contribution in [0, 0.1) is 6.92 Å². The molecule has 1 aliphatic heterocycles. The molecule has 0 radical (unpaired) electrons. The molecular weight excluding hydrogens is 555 g/mol. The topological polar surface area (TPSA) is 111 Å². The van der Waals surface area contributed by atoms with Gasteiger partial charge in [0.1, 0.15) is 5.01 Å². The fourth-order valence-electron chi connectivity index (χ4n) is 4.18. The van der Waals surface area contributed by atoms with Gasteiger partial charge in [-0.25, -0.2) is 13.1 Å². The van der Waals surface area contributed by atoms with Crippen molar-refractivity contribution in [3.63, 3.8) is 0 Å². The molecule has 204 valence electrons. The van der Waals surface area contributed by atoms with E-state index in [1.165, 1.54) is 0 Å². The van der Waals surface area contributed by atoms with E-state index in [0.717, 1.165) is 31.6 Å². The fraction of sp³-hybridized carbons (Fsp3) is 0.286. The number of ether oxygens (including phenoxy) is 2. The number of aromatic nitrogens is 2. The summed E-state index contributed by atoms with van der Waals surface area (Å²) in [4.78, 5) is 0.233. The molecule has 0 amide bonds. The van der Waals surface area contributed by atoms with Gasteiger partial charge in [-0.2, -0.15) is 0 Å². The maximum absolute atomic E-state index is 12.6. The summed E-state index contributed by atoms with van der Waals surface area (Å²) < 4.78 is 41.4. The molecule has 1 aromatic heterocycles. The zero-order valence-corrected chi connectivity index (χ0v) is 23.7. The summed E-state index contributed by atoms with van der Waals surface area (Å²) in [6, 6.07) is 23.7. The van der Waals surface area contributed by atoms with Crippen LogP contribution >= 0.6 is 23.1 Å². The Kier molecular flexibility index (Phi) is 9.08. The van der Waals surface area contributed by atoms with E-state index < -0.39 is 16.3 Å². The average Bonchev–Trinajstić information content (AvgIpc) is 3.40. The van der Waals surface area contributed by atoms with E-state index in [4.69, 9.17) is 9.47 Å². The lowest BCUT2D eigenvalue weighted by Gasteiger charge is -2.36. The number of sulfonamides is 1. The van der Waals surface area contributed by atoms with Crippen LogP contribution in [0.2, 0.25) is 0 Å². The lowest BCUT2D eigenvalue weighted by Crippen LogP contribution is -2.31. The molecule has 0 unspecified atom stereocenters. The summed E-state index contributed by atoms with van der Waals surface area (Å²) in [6.45, 7) is 2.10. The predicted octanol–water partition coefficient (Wildman–Crippen LogP) is 5.16. The van der Waals surface area contributed by atoms with Gasteiger partial charge in [0, 0.05) is 24.3 Å². The van der Waals surface area contributed by atoms with E-state index in [-0.39, 0.29) is 30.3 Å². The first-order chi connectivity index (χ1) is 18.9. The Morgan fingerprint density at radius 1 is 0.949 bits per heavy atom. The molecule has 2 heterocycles. The van der Waals surface area contributed by atoms with E-state index in [2.05, 4.69) is 14.9 Å². The molecule has 2 N–H and O–H groups in total. The smallest absolute Gasteiger partial charge is 0.240 e. The van der Waals surface area contributed by atoms with Crippen molar-refractivity contribution in [3.05, 3.63) is 106 Å². The van der Waals surface area contributed by atoms with Gasteiger partial charge in [-0.05, 0) is 35.7 Å². The molecule has 0 bridgehead atoms. The zero-order valence-electron chi connectivity index (χ0n) is 21.3. The first-order valence-electron chi connectivity index (χ1n) is 12.5. The molecule has 3 aromatic carbocycles. The number of hydrogen-bond acceptors (Lipinski definition) is 9. The van der Waals surface area contributed by atoms with Gasteiger partial charge < -0.3 is 14.6 Å². The van der Waals surface area contributed by atoms with Gasteiger partial charge in [-0.3, -0.25) is 0 Å². The summed E-state index contributed by atoms with van der Waals surface area (Å²) in [6.07, 6.45) is -0.175. The van der Waals surface area contributed by atoms with Crippen molar-refractivity contribution < 1.29 is 23.0 Å². The third kappa shape index (κ3) is 7.31. The molecule has 39 heavy (non-hydrogen) atoms. The molecule has 8 nitrogen and oxygen atoms in total. The second kappa shape index (κ2) is 12.7. The normalized spacial score (nSPS) is 19.7. The molecular formula is C28H29N3O5S3. The largest absolute Gasteiger partial charge is 0.392 e. The predicted molar refractivity (Wildman–Crippen MR) is 151 cm³/mol. The summed E-state index contributed by atoms with van der Waals surface area (Å²) in [7, 11) is -3.59. The lowest BCUT2D eigenvalue weighted by molar-refractivity contribution is -0.245. The number of aliphatic hydroxyl groups is 1. The summed E-state index contributed by atoms with van der Waals surface area (Å²) >= 11 is 3.19. The van der Waals surface area contributed by atoms with Crippen molar-refractivity contribution >= 4 is 33.1 Å². The SMILES string of the molecule is Cc1nnc(SC[C@H]2C[C@@H](c3ccc(CO)cc3)O[C@@H](c3ccc(CNS(=O)(=O)c4ccccc4)cc3)O2)s1. The van der Waals surface area contributed by atoms with Gasteiger partial charge in [0.15, 0.2) is 10.6 Å². The summed E-state index contributed by atoms with van der Waals surface area (Å²) in [5.41, 5.74) is 3.54. The molecule has 0 saturated carbocycles. The number of nitrogens with zero attached hydrogens (tertiary/aromatic N) is 2. The summed E-state index contributed by atoms with van der Waals surface area (Å²) in [5, 5.41) is 18.6.